The van der Waals surface area contributed by atoms with Crippen LogP contribution < -0.4 is 11.5 Å². The average Bonchev–Trinajstić information content (AvgIpc) is 1.27. The molecule has 0 aliphatic heterocycles. The molecule has 0 aliphatic carbocycles. The van der Waals surface area contributed by atoms with E-state index in [4.69, 9.17) is 11.5 Å². The summed E-state index contributed by atoms with van der Waals surface area (Å²) in [6, 6.07) is 0. The minimum atomic E-state index is -0.824. The first-order valence-corrected chi connectivity index (χ1v) is 1.76. The molecule has 0 fully saturated rings. The van der Waals surface area contributed by atoms with Crippen LogP contribution in [0.15, 0.2) is 0 Å². The summed E-state index contributed by atoms with van der Waals surface area (Å²) >= 11 is 0. The van der Waals surface area contributed by atoms with Crippen molar-refractivity contribution >= 4 is 0 Å². The molecule has 5 nitrogen and oxygen atoms in total. The summed E-state index contributed by atoms with van der Waals surface area (Å²) in [6.07, 6.45) is -0.824. The summed E-state index contributed by atoms with van der Waals surface area (Å²) < 4.78 is 0. The summed E-state index contributed by atoms with van der Waals surface area (Å²) in [5.74, 6) is 0. The van der Waals surface area contributed by atoms with Crippen LogP contribution in [0.4, 0.5) is 0 Å². The molecule has 0 spiro atoms. The number of hydrogen-bond acceptors (Lipinski definition) is 4. The van der Waals surface area contributed by atoms with E-state index in [1.54, 1.807) is 0 Å². The molecule has 0 rings (SSSR count). The lowest BCUT2D eigenvalue weighted by molar-refractivity contribution is -0.482. The molecule has 0 saturated heterocycles. The smallest absolute Gasteiger partial charge is 0.231 e. The van der Waals surface area contributed by atoms with Gasteiger partial charge < -0.3 is 11.5 Å². The van der Waals surface area contributed by atoms with Gasteiger partial charge in [0, 0.05) is 4.92 Å². The van der Waals surface area contributed by atoms with Crippen LogP contribution >= 0.6 is 0 Å². The maximum atomic E-state index is 9.46. The lowest BCUT2D eigenvalue weighted by atomic mass is 10.6. The van der Waals surface area contributed by atoms with Gasteiger partial charge in [-0.2, -0.15) is 0 Å². The fourth-order valence-electron chi connectivity index (χ4n) is 0.172. The van der Waals surface area contributed by atoms with Crippen molar-refractivity contribution in [2.75, 3.05) is 6.54 Å². The van der Waals surface area contributed by atoms with Crippen LogP contribution in [-0.4, -0.2) is 17.6 Å². The highest BCUT2D eigenvalue weighted by Crippen LogP contribution is 1.65. The molecule has 0 heterocycles. The van der Waals surface area contributed by atoms with E-state index in [0.717, 1.165) is 0 Å². The topological polar surface area (TPSA) is 95.2 Å². The molecule has 0 bridgehead atoms. The highest BCUT2D eigenvalue weighted by atomic mass is 16.6. The monoisotopic (exact) mass is 105 g/mol. The third-order valence-corrected chi connectivity index (χ3v) is 0.360. The second kappa shape index (κ2) is 2.49. The fraction of sp³-hybridized carbons (Fsp3) is 1.00. The third-order valence-electron chi connectivity index (χ3n) is 0.360. The lowest BCUT2D eigenvalue weighted by Crippen LogP contribution is -2.37. The van der Waals surface area contributed by atoms with E-state index in [0.29, 0.717) is 0 Å². The van der Waals surface area contributed by atoms with Crippen molar-refractivity contribution in [1.82, 2.24) is 0 Å². The molecule has 0 atom stereocenters. The number of nitrogens with two attached hydrogens (primary N) is 2. The van der Waals surface area contributed by atoms with Crippen molar-refractivity contribution in [3.63, 3.8) is 0 Å². The van der Waals surface area contributed by atoms with E-state index in [1.165, 1.54) is 0 Å². The van der Waals surface area contributed by atoms with E-state index in [9.17, 15) is 10.1 Å². The molecule has 0 aromatic heterocycles. The van der Waals surface area contributed by atoms with Crippen LogP contribution in [0.2, 0.25) is 0 Å². The number of hydrogen-bond donors (Lipinski definition) is 2. The first-order valence-electron chi connectivity index (χ1n) is 1.76. The minimum absolute atomic E-state index is 0.361. The Morgan fingerprint density at radius 2 is 2.14 bits per heavy atom. The Labute approximate surface area is 40.4 Å². The van der Waals surface area contributed by atoms with Gasteiger partial charge >= 0.3 is 0 Å². The zero-order valence-electron chi connectivity index (χ0n) is 3.70. The fourth-order valence-corrected chi connectivity index (χ4v) is 0.172. The Morgan fingerprint density at radius 1 is 1.71 bits per heavy atom. The molecule has 0 radical (unpaired) electrons. The molecular weight excluding hydrogens is 98.0 g/mol. The van der Waals surface area contributed by atoms with Gasteiger partial charge in [0.25, 0.3) is 0 Å². The van der Waals surface area contributed by atoms with E-state index in [-0.39, 0.29) is 6.54 Å². The maximum Gasteiger partial charge on any atom is 0.231 e. The molecule has 4 N–H and O–H groups in total. The molecule has 0 amide bonds. The van der Waals surface area contributed by atoms with Gasteiger partial charge in [0.1, 0.15) is 6.17 Å². The Hall–Kier alpha value is -0.680. The van der Waals surface area contributed by atoms with Crippen molar-refractivity contribution in [2.45, 2.75) is 6.17 Å². The third kappa shape index (κ3) is 5.32. The van der Waals surface area contributed by atoms with E-state index in [1.807, 2.05) is 0 Å². The second-order valence-electron chi connectivity index (χ2n) is 1.18. The van der Waals surface area contributed by atoms with Crippen LogP contribution in [-0.2, 0) is 0 Å². The van der Waals surface area contributed by atoms with Gasteiger partial charge in [0.05, 0.1) is 0 Å². The van der Waals surface area contributed by atoms with Gasteiger partial charge in [-0.15, -0.1) is 0 Å². The van der Waals surface area contributed by atoms with Crippen LogP contribution in [0.25, 0.3) is 0 Å². The average molecular weight is 105 g/mol. The van der Waals surface area contributed by atoms with Gasteiger partial charge in [-0.05, 0) is 0 Å². The van der Waals surface area contributed by atoms with E-state index < -0.39 is 11.1 Å². The van der Waals surface area contributed by atoms with Gasteiger partial charge in [-0.3, -0.25) is 10.1 Å². The largest absolute Gasteiger partial charge is 0.311 e. The summed E-state index contributed by atoms with van der Waals surface area (Å²) in [5, 5.41) is 9.46. The standard InChI is InChI=1S/C2H7N3O2/c3-2(4)1-5(6)7/h2H,1,3-4H2. The first kappa shape index (κ1) is 6.32. The molecule has 0 aromatic rings. The first-order chi connectivity index (χ1) is 3.13. The molecule has 5 heteroatoms. The van der Waals surface area contributed by atoms with Crippen molar-refractivity contribution in [2.24, 2.45) is 11.5 Å². The molecule has 42 valence electrons. The van der Waals surface area contributed by atoms with Crippen LogP contribution in [0.1, 0.15) is 0 Å². The Kier molecular flexibility index (Phi) is 2.24. The number of nitro groups is 1. The zero-order valence-corrected chi connectivity index (χ0v) is 3.70. The van der Waals surface area contributed by atoms with Gasteiger partial charge in [-0.1, -0.05) is 0 Å². The van der Waals surface area contributed by atoms with Crippen molar-refractivity contribution < 1.29 is 4.92 Å². The van der Waals surface area contributed by atoms with Crippen molar-refractivity contribution in [1.29, 1.82) is 0 Å². The zero-order chi connectivity index (χ0) is 5.86. The summed E-state index contributed by atoms with van der Waals surface area (Å²) in [4.78, 5) is 8.90. The van der Waals surface area contributed by atoms with E-state index in [2.05, 4.69) is 0 Å². The Balaban J connectivity index is 3.13. The van der Waals surface area contributed by atoms with Crippen molar-refractivity contribution in [3.05, 3.63) is 10.1 Å². The predicted molar refractivity (Wildman–Crippen MR) is 24.0 cm³/mol. The van der Waals surface area contributed by atoms with Gasteiger partial charge in [0.15, 0.2) is 0 Å². The van der Waals surface area contributed by atoms with Crippen LogP contribution in [0.3, 0.4) is 0 Å². The minimum Gasteiger partial charge on any atom is -0.311 e. The molecule has 0 aromatic carbocycles. The summed E-state index contributed by atoms with van der Waals surface area (Å²) in [7, 11) is 0. The normalized spacial score (nSPS) is 9.57. The van der Waals surface area contributed by atoms with Crippen LogP contribution in [0, 0.1) is 10.1 Å². The summed E-state index contributed by atoms with van der Waals surface area (Å²) in [6.45, 7) is -0.361. The number of rotatable bonds is 2. The quantitative estimate of drug-likeness (QED) is 0.254. The predicted octanol–water partition coefficient (Wildman–Crippen LogP) is -1.49. The highest BCUT2D eigenvalue weighted by Gasteiger charge is 1.99. The van der Waals surface area contributed by atoms with Gasteiger partial charge in [-0.25, -0.2) is 0 Å². The molecule has 0 unspecified atom stereocenters. The number of nitrogens with zero attached hydrogens (tertiary/aromatic N) is 1. The summed E-state index contributed by atoms with van der Waals surface area (Å²) in [5.41, 5.74) is 9.66. The van der Waals surface area contributed by atoms with Gasteiger partial charge in [0.2, 0.25) is 6.54 Å². The lowest BCUT2D eigenvalue weighted by Gasteiger charge is -1.93. The highest BCUT2D eigenvalue weighted by molar-refractivity contribution is 4.43. The molecule has 0 aliphatic rings. The molecule has 0 saturated carbocycles. The molecular formula is C2H7N3O2. The van der Waals surface area contributed by atoms with Crippen LogP contribution in [0.5, 0.6) is 0 Å². The SMILES string of the molecule is NC(N)C[N+](=O)[O-]. The second-order valence-corrected chi connectivity index (χ2v) is 1.18. The van der Waals surface area contributed by atoms with Crippen molar-refractivity contribution in [3.8, 4) is 0 Å². The maximum absolute atomic E-state index is 9.46. The molecule has 7 heavy (non-hydrogen) atoms. The Morgan fingerprint density at radius 3 is 2.14 bits per heavy atom. The van der Waals surface area contributed by atoms with E-state index >= 15 is 0 Å². The Bertz CT molecular complexity index is 71.3.